The summed E-state index contributed by atoms with van der Waals surface area (Å²) in [5.41, 5.74) is 6.07. The van der Waals surface area contributed by atoms with E-state index < -0.39 is 0 Å². The first kappa shape index (κ1) is 11.9. The Hall–Kier alpha value is -0.120. The highest BCUT2D eigenvalue weighted by Crippen LogP contribution is 2.28. The van der Waals surface area contributed by atoms with Crippen LogP contribution < -0.4 is 5.73 Å². The SMILES string of the molecule is NC1CCCC(CN2CCN(C3CC3)CC2)C1. The predicted octanol–water partition coefficient (Wildman–Crippen LogP) is 1.28. The van der Waals surface area contributed by atoms with Gasteiger partial charge in [0.05, 0.1) is 0 Å². The van der Waals surface area contributed by atoms with Crippen LogP contribution in [0, 0.1) is 5.92 Å². The summed E-state index contributed by atoms with van der Waals surface area (Å²) in [6.07, 6.45) is 8.20. The van der Waals surface area contributed by atoms with Gasteiger partial charge in [0, 0.05) is 44.8 Å². The Kier molecular flexibility index (Phi) is 3.69. The van der Waals surface area contributed by atoms with E-state index in [1.807, 2.05) is 0 Å². The molecule has 0 amide bonds. The normalized spacial score (nSPS) is 37.2. The Labute approximate surface area is 105 Å². The van der Waals surface area contributed by atoms with Gasteiger partial charge in [0.15, 0.2) is 0 Å². The van der Waals surface area contributed by atoms with Crippen molar-refractivity contribution < 1.29 is 0 Å². The lowest BCUT2D eigenvalue weighted by atomic mass is 9.86. The fourth-order valence-corrected chi connectivity index (χ4v) is 3.61. The smallest absolute Gasteiger partial charge is 0.0113 e. The maximum atomic E-state index is 6.07. The highest BCUT2D eigenvalue weighted by molar-refractivity contribution is 4.88. The number of nitrogens with two attached hydrogens (primary N) is 1. The first-order valence-corrected chi connectivity index (χ1v) is 7.53. The van der Waals surface area contributed by atoms with Crippen LogP contribution in [0.25, 0.3) is 0 Å². The van der Waals surface area contributed by atoms with E-state index in [1.54, 1.807) is 0 Å². The summed E-state index contributed by atoms with van der Waals surface area (Å²) < 4.78 is 0. The van der Waals surface area contributed by atoms with Gasteiger partial charge in [-0.1, -0.05) is 6.42 Å². The third-order valence-electron chi connectivity index (χ3n) is 4.81. The molecule has 3 aliphatic rings. The molecule has 2 atom stereocenters. The summed E-state index contributed by atoms with van der Waals surface area (Å²) in [6.45, 7) is 6.52. The van der Waals surface area contributed by atoms with E-state index in [-0.39, 0.29) is 0 Å². The standard InChI is InChI=1S/C14H27N3/c15-13-3-1-2-12(10-13)11-16-6-8-17(9-7-16)14-4-5-14/h12-14H,1-11,15H2. The third kappa shape index (κ3) is 3.21. The molecule has 0 aromatic carbocycles. The van der Waals surface area contributed by atoms with Gasteiger partial charge >= 0.3 is 0 Å². The second-order valence-corrected chi connectivity index (χ2v) is 6.36. The molecule has 1 heterocycles. The maximum absolute atomic E-state index is 6.07. The van der Waals surface area contributed by atoms with E-state index >= 15 is 0 Å². The molecule has 0 aromatic heterocycles. The van der Waals surface area contributed by atoms with Crippen molar-refractivity contribution in [3.63, 3.8) is 0 Å². The Morgan fingerprint density at radius 2 is 1.71 bits per heavy atom. The van der Waals surface area contributed by atoms with Crippen molar-refractivity contribution in [3.05, 3.63) is 0 Å². The Bertz CT molecular complexity index is 244. The summed E-state index contributed by atoms with van der Waals surface area (Å²) in [6, 6.07) is 1.45. The second kappa shape index (κ2) is 5.25. The average molecular weight is 237 g/mol. The predicted molar refractivity (Wildman–Crippen MR) is 71.0 cm³/mol. The lowest BCUT2D eigenvalue weighted by Crippen LogP contribution is -2.49. The first-order valence-electron chi connectivity index (χ1n) is 7.53. The van der Waals surface area contributed by atoms with Gasteiger partial charge in [0.25, 0.3) is 0 Å². The fourth-order valence-electron chi connectivity index (χ4n) is 3.61. The van der Waals surface area contributed by atoms with Crippen molar-refractivity contribution in [1.82, 2.24) is 9.80 Å². The van der Waals surface area contributed by atoms with Crippen molar-refractivity contribution in [2.24, 2.45) is 11.7 Å². The zero-order valence-electron chi connectivity index (χ0n) is 11.0. The number of piperazine rings is 1. The molecule has 0 bridgehead atoms. The molecule has 1 aliphatic heterocycles. The van der Waals surface area contributed by atoms with E-state index in [1.165, 1.54) is 71.2 Å². The molecule has 0 radical (unpaired) electrons. The van der Waals surface area contributed by atoms with Crippen molar-refractivity contribution in [2.45, 2.75) is 50.6 Å². The Morgan fingerprint density at radius 3 is 2.35 bits per heavy atom. The van der Waals surface area contributed by atoms with E-state index in [0.29, 0.717) is 6.04 Å². The molecule has 1 saturated heterocycles. The van der Waals surface area contributed by atoms with Crippen molar-refractivity contribution in [1.29, 1.82) is 0 Å². The molecule has 3 rings (SSSR count). The fraction of sp³-hybridized carbons (Fsp3) is 1.00. The number of nitrogens with zero attached hydrogens (tertiary/aromatic N) is 2. The molecule has 98 valence electrons. The topological polar surface area (TPSA) is 32.5 Å². The van der Waals surface area contributed by atoms with Crippen molar-refractivity contribution in [2.75, 3.05) is 32.7 Å². The van der Waals surface area contributed by atoms with E-state index in [0.717, 1.165) is 12.0 Å². The average Bonchev–Trinajstić information content (AvgIpc) is 3.14. The van der Waals surface area contributed by atoms with Crippen molar-refractivity contribution in [3.8, 4) is 0 Å². The minimum atomic E-state index is 0.488. The minimum Gasteiger partial charge on any atom is -0.328 e. The van der Waals surface area contributed by atoms with Gasteiger partial charge in [-0.05, 0) is 38.0 Å². The lowest BCUT2D eigenvalue weighted by molar-refractivity contribution is 0.103. The zero-order chi connectivity index (χ0) is 11.7. The molecule has 2 aliphatic carbocycles. The molecule has 3 nitrogen and oxygen atoms in total. The molecular formula is C14H27N3. The minimum absolute atomic E-state index is 0.488. The molecule has 2 unspecified atom stereocenters. The van der Waals surface area contributed by atoms with Crippen LogP contribution in [0.4, 0.5) is 0 Å². The molecule has 2 N–H and O–H groups in total. The van der Waals surface area contributed by atoms with Gasteiger partial charge in [-0.3, -0.25) is 4.90 Å². The van der Waals surface area contributed by atoms with Gasteiger partial charge in [-0.15, -0.1) is 0 Å². The van der Waals surface area contributed by atoms with Crippen molar-refractivity contribution >= 4 is 0 Å². The summed E-state index contributed by atoms with van der Waals surface area (Å²) >= 11 is 0. The third-order valence-corrected chi connectivity index (χ3v) is 4.81. The summed E-state index contributed by atoms with van der Waals surface area (Å²) in [5, 5.41) is 0. The molecule has 0 aromatic rings. The van der Waals surface area contributed by atoms with Crippen LogP contribution in [-0.4, -0.2) is 54.6 Å². The van der Waals surface area contributed by atoms with Gasteiger partial charge in [-0.2, -0.15) is 0 Å². The quantitative estimate of drug-likeness (QED) is 0.803. The molecule has 0 spiro atoms. The van der Waals surface area contributed by atoms with E-state index in [2.05, 4.69) is 9.80 Å². The van der Waals surface area contributed by atoms with Crippen LogP contribution in [0.2, 0.25) is 0 Å². The van der Waals surface area contributed by atoms with Crippen LogP contribution >= 0.6 is 0 Å². The highest BCUT2D eigenvalue weighted by atomic mass is 15.3. The monoisotopic (exact) mass is 237 g/mol. The molecular weight excluding hydrogens is 210 g/mol. The van der Waals surface area contributed by atoms with Crippen LogP contribution in [0.1, 0.15) is 38.5 Å². The number of rotatable bonds is 3. The van der Waals surface area contributed by atoms with Crippen LogP contribution in [-0.2, 0) is 0 Å². The largest absolute Gasteiger partial charge is 0.328 e. The highest BCUT2D eigenvalue weighted by Gasteiger charge is 2.31. The summed E-state index contributed by atoms with van der Waals surface area (Å²) in [7, 11) is 0. The van der Waals surface area contributed by atoms with Gasteiger partial charge in [0.2, 0.25) is 0 Å². The van der Waals surface area contributed by atoms with Crippen LogP contribution in [0.15, 0.2) is 0 Å². The maximum Gasteiger partial charge on any atom is 0.0113 e. The Balaban J connectivity index is 1.40. The molecule has 17 heavy (non-hydrogen) atoms. The van der Waals surface area contributed by atoms with Crippen LogP contribution in [0.3, 0.4) is 0 Å². The lowest BCUT2D eigenvalue weighted by Gasteiger charge is -2.38. The molecule has 3 fully saturated rings. The first-order chi connectivity index (χ1) is 8.31. The van der Waals surface area contributed by atoms with Crippen LogP contribution in [0.5, 0.6) is 0 Å². The van der Waals surface area contributed by atoms with Gasteiger partial charge in [0.1, 0.15) is 0 Å². The zero-order valence-corrected chi connectivity index (χ0v) is 11.0. The Morgan fingerprint density at radius 1 is 0.941 bits per heavy atom. The van der Waals surface area contributed by atoms with E-state index in [9.17, 15) is 0 Å². The summed E-state index contributed by atoms with van der Waals surface area (Å²) in [4.78, 5) is 5.38. The van der Waals surface area contributed by atoms with E-state index in [4.69, 9.17) is 5.73 Å². The number of hydrogen-bond donors (Lipinski definition) is 1. The number of hydrogen-bond acceptors (Lipinski definition) is 3. The molecule has 3 heteroatoms. The van der Waals surface area contributed by atoms with Gasteiger partial charge in [-0.25, -0.2) is 0 Å². The second-order valence-electron chi connectivity index (χ2n) is 6.36. The van der Waals surface area contributed by atoms with Gasteiger partial charge < -0.3 is 10.6 Å². The molecule has 2 saturated carbocycles. The summed E-state index contributed by atoms with van der Waals surface area (Å²) in [5.74, 6) is 0.881.